The summed E-state index contributed by atoms with van der Waals surface area (Å²) in [5.74, 6) is 0.0676. The predicted molar refractivity (Wildman–Crippen MR) is 80.8 cm³/mol. The molecule has 1 aromatic heterocycles. The first-order valence-corrected chi connectivity index (χ1v) is 7.58. The van der Waals surface area contributed by atoms with Crippen molar-refractivity contribution in [2.45, 2.75) is 32.2 Å². The summed E-state index contributed by atoms with van der Waals surface area (Å²) in [5.41, 5.74) is 0.644. The summed E-state index contributed by atoms with van der Waals surface area (Å²) < 4.78 is 1.82. The first-order valence-electron chi connectivity index (χ1n) is 6.79. The Morgan fingerprint density at radius 1 is 1.60 bits per heavy atom. The van der Waals surface area contributed by atoms with E-state index in [0.29, 0.717) is 17.4 Å². The molecule has 1 saturated heterocycles. The molecule has 20 heavy (non-hydrogen) atoms. The van der Waals surface area contributed by atoms with Gasteiger partial charge in [0.05, 0.1) is 11.9 Å². The molecule has 0 aromatic carbocycles. The highest BCUT2D eigenvalue weighted by atomic mass is 79.9. The molecule has 1 atom stereocenters. The molecule has 1 aromatic rings. The lowest BCUT2D eigenvalue weighted by molar-refractivity contribution is -0.121. The average Bonchev–Trinajstić information content (AvgIpc) is 2.45. The highest BCUT2D eigenvalue weighted by molar-refractivity contribution is 9.10. The van der Waals surface area contributed by atoms with Crippen molar-refractivity contribution in [2.24, 2.45) is 7.05 Å². The van der Waals surface area contributed by atoms with Gasteiger partial charge in [-0.3, -0.25) is 9.59 Å². The van der Waals surface area contributed by atoms with Gasteiger partial charge in [-0.25, -0.2) is 4.68 Å². The third-order valence-corrected chi connectivity index (χ3v) is 4.25. The molecule has 1 amide bonds. The molecule has 0 radical (unpaired) electrons. The number of carbonyl (C=O) groups excluding carboxylic acids is 1. The molecule has 1 aliphatic heterocycles. The molecule has 1 unspecified atom stereocenters. The summed E-state index contributed by atoms with van der Waals surface area (Å²) in [5, 5.41) is 7.08. The Kier molecular flexibility index (Phi) is 4.80. The summed E-state index contributed by atoms with van der Waals surface area (Å²) in [7, 11) is 1.62. The average molecular weight is 343 g/mol. The minimum atomic E-state index is -0.151. The van der Waals surface area contributed by atoms with Gasteiger partial charge >= 0.3 is 0 Å². The quantitative estimate of drug-likeness (QED) is 0.891. The van der Waals surface area contributed by atoms with Crippen molar-refractivity contribution in [3.63, 3.8) is 0 Å². The SMILES string of the molecule is CCC(=O)NC1CCCN(c2cnn(C)c(=O)c2Br)C1. The number of piperidine rings is 1. The van der Waals surface area contributed by atoms with Crippen LogP contribution in [-0.4, -0.2) is 34.8 Å². The zero-order valence-corrected chi connectivity index (χ0v) is 13.3. The molecule has 1 N–H and O–H groups in total. The van der Waals surface area contributed by atoms with Crippen LogP contribution in [0, 0.1) is 0 Å². The van der Waals surface area contributed by atoms with Crippen LogP contribution in [-0.2, 0) is 11.8 Å². The molecule has 2 heterocycles. The van der Waals surface area contributed by atoms with Gasteiger partial charge in [0.25, 0.3) is 5.56 Å². The second-order valence-corrected chi connectivity index (χ2v) is 5.77. The maximum absolute atomic E-state index is 11.9. The van der Waals surface area contributed by atoms with E-state index in [4.69, 9.17) is 0 Å². The molecule has 0 spiro atoms. The Balaban J connectivity index is 2.15. The normalized spacial score (nSPS) is 18.9. The number of anilines is 1. The zero-order valence-electron chi connectivity index (χ0n) is 11.7. The molecule has 1 aliphatic rings. The monoisotopic (exact) mass is 342 g/mol. The van der Waals surface area contributed by atoms with Crippen LogP contribution in [0.4, 0.5) is 5.69 Å². The molecule has 110 valence electrons. The van der Waals surface area contributed by atoms with Crippen LogP contribution in [0.15, 0.2) is 15.5 Å². The van der Waals surface area contributed by atoms with Crippen LogP contribution in [0.5, 0.6) is 0 Å². The maximum atomic E-state index is 11.9. The second-order valence-electron chi connectivity index (χ2n) is 4.98. The number of nitrogens with one attached hydrogen (secondary N) is 1. The second kappa shape index (κ2) is 6.39. The Bertz CT molecular complexity index is 558. The first kappa shape index (κ1) is 15.0. The summed E-state index contributed by atoms with van der Waals surface area (Å²) in [6, 6.07) is 0.132. The predicted octanol–water partition coefficient (Wildman–Crippen LogP) is 1.04. The van der Waals surface area contributed by atoms with Crippen LogP contribution in [0.1, 0.15) is 26.2 Å². The molecular weight excluding hydrogens is 324 g/mol. The van der Waals surface area contributed by atoms with Crippen molar-refractivity contribution < 1.29 is 4.79 Å². The van der Waals surface area contributed by atoms with Crippen LogP contribution in [0.3, 0.4) is 0 Å². The highest BCUT2D eigenvalue weighted by Crippen LogP contribution is 2.24. The standard InChI is InChI=1S/C13H19BrN4O2/c1-3-11(19)16-9-5-4-6-18(8-9)10-7-15-17(2)13(20)12(10)14/h7,9H,3-6,8H2,1-2H3,(H,16,19). The first-order chi connectivity index (χ1) is 9.52. The van der Waals surface area contributed by atoms with Crippen LogP contribution >= 0.6 is 15.9 Å². The zero-order chi connectivity index (χ0) is 14.7. The van der Waals surface area contributed by atoms with Gasteiger partial charge in [-0.2, -0.15) is 5.10 Å². The molecule has 2 rings (SSSR count). The Morgan fingerprint density at radius 2 is 2.35 bits per heavy atom. The van der Waals surface area contributed by atoms with Crippen molar-refractivity contribution in [1.29, 1.82) is 0 Å². The Hall–Kier alpha value is -1.37. The Morgan fingerprint density at radius 3 is 3.05 bits per heavy atom. The molecule has 0 saturated carbocycles. The molecule has 6 nitrogen and oxygen atoms in total. The van der Waals surface area contributed by atoms with Crippen LogP contribution in [0.25, 0.3) is 0 Å². The van der Waals surface area contributed by atoms with Gasteiger partial charge in [0.2, 0.25) is 5.91 Å². The molecule has 7 heteroatoms. The van der Waals surface area contributed by atoms with Crippen molar-refractivity contribution >= 4 is 27.5 Å². The topological polar surface area (TPSA) is 67.2 Å². The maximum Gasteiger partial charge on any atom is 0.282 e. The smallest absolute Gasteiger partial charge is 0.282 e. The van der Waals surface area contributed by atoms with E-state index in [1.807, 2.05) is 6.92 Å². The third kappa shape index (κ3) is 3.20. The fourth-order valence-corrected chi connectivity index (χ4v) is 2.98. The summed E-state index contributed by atoms with van der Waals surface area (Å²) >= 11 is 3.35. The van der Waals surface area contributed by atoms with Gasteiger partial charge in [0.1, 0.15) is 4.47 Å². The van der Waals surface area contributed by atoms with E-state index < -0.39 is 0 Å². The third-order valence-electron chi connectivity index (χ3n) is 3.51. The number of carbonyl (C=O) groups is 1. The van der Waals surface area contributed by atoms with E-state index >= 15 is 0 Å². The highest BCUT2D eigenvalue weighted by Gasteiger charge is 2.23. The number of nitrogens with zero attached hydrogens (tertiary/aromatic N) is 3. The summed E-state index contributed by atoms with van der Waals surface area (Å²) in [6.07, 6.45) is 4.14. The van der Waals surface area contributed by atoms with Crippen molar-refractivity contribution in [2.75, 3.05) is 18.0 Å². The summed E-state index contributed by atoms with van der Waals surface area (Å²) in [6.45, 7) is 3.42. The van der Waals surface area contributed by atoms with Gasteiger partial charge in [-0.15, -0.1) is 0 Å². The fraction of sp³-hybridized carbons (Fsp3) is 0.615. The van der Waals surface area contributed by atoms with Gasteiger partial charge in [-0.05, 0) is 28.8 Å². The minimum absolute atomic E-state index is 0.0676. The number of aromatic nitrogens is 2. The van der Waals surface area contributed by atoms with Crippen molar-refractivity contribution in [3.05, 3.63) is 21.0 Å². The van der Waals surface area contributed by atoms with Crippen LogP contribution in [0.2, 0.25) is 0 Å². The van der Waals surface area contributed by atoms with E-state index in [0.717, 1.165) is 25.1 Å². The van der Waals surface area contributed by atoms with Crippen molar-refractivity contribution in [3.8, 4) is 0 Å². The van der Waals surface area contributed by atoms with E-state index in [9.17, 15) is 9.59 Å². The summed E-state index contributed by atoms with van der Waals surface area (Å²) in [4.78, 5) is 25.5. The van der Waals surface area contributed by atoms with E-state index in [-0.39, 0.29) is 17.5 Å². The van der Waals surface area contributed by atoms with Gasteiger partial charge in [0, 0.05) is 32.6 Å². The van der Waals surface area contributed by atoms with Gasteiger partial charge in [0.15, 0.2) is 0 Å². The minimum Gasteiger partial charge on any atom is -0.367 e. The number of hydrogen-bond acceptors (Lipinski definition) is 4. The lowest BCUT2D eigenvalue weighted by atomic mass is 10.1. The molecular formula is C13H19BrN4O2. The largest absolute Gasteiger partial charge is 0.367 e. The molecule has 0 aliphatic carbocycles. The lowest BCUT2D eigenvalue weighted by Gasteiger charge is -2.34. The molecule has 1 fully saturated rings. The lowest BCUT2D eigenvalue weighted by Crippen LogP contribution is -2.48. The number of halogens is 1. The van der Waals surface area contributed by atoms with Crippen LogP contribution < -0.4 is 15.8 Å². The molecule has 0 bridgehead atoms. The fourth-order valence-electron chi connectivity index (χ4n) is 2.37. The van der Waals surface area contributed by atoms with E-state index in [1.165, 1.54) is 4.68 Å². The van der Waals surface area contributed by atoms with Crippen molar-refractivity contribution in [1.82, 2.24) is 15.1 Å². The number of hydrogen-bond donors (Lipinski definition) is 1. The number of rotatable bonds is 3. The number of aryl methyl sites for hydroxylation is 1. The van der Waals surface area contributed by atoms with Gasteiger partial charge in [-0.1, -0.05) is 6.92 Å². The number of amides is 1. The Labute approximate surface area is 126 Å². The van der Waals surface area contributed by atoms with E-state index in [1.54, 1.807) is 13.2 Å². The van der Waals surface area contributed by atoms with Gasteiger partial charge < -0.3 is 10.2 Å². The van der Waals surface area contributed by atoms with E-state index in [2.05, 4.69) is 31.2 Å².